The van der Waals surface area contributed by atoms with E-state index in [1.165, 1.54) is 11.3 Å². The SMILES string of the molecule is C=c1cc(OC)c(OC)c/c1=C(/C=C\C)Oc1ccc(N2CCN(Cc3ccccc3)CC2)cc1. The van der Waals surface area contributed by atoms with Crippen molar-refractivity contribution in [3.05, 3.63) is 94.9 Å². The van der Waals surface area contributed by atoms with Crippen molar-refractivity contribution in [1.29, 1.82) is 0 Å². The lowest BCUT2D eigenvalue weighted by atomic mass is 10.2. The molecule has 0 saturated carbocycles. The third-order valence-corrected chi connectivity index (χ3v) is 6.24. The molecule has 1 saturated heterocycles. The Morgan fingerprint density at radius 1 is 0.886 bits per heavy atom. The highest BCUT2D eigenvalue weighted by Gasteiger charge is 2.17. The molecule has 4 rings (SSSR count). The molecule has 0 amide bonds. The predicted octanol–water partition coefficient (Wildman–Crippen LogP) is 4.20. The van der Waals surface area contributed by atoms with Crippen molar-refractivity contribution in [1.82, 2.24) is 4.90 Å². The van der Waals surface area contributed by atoms with Crippen LogP contribution in [0.25, 0.3) is 12.3 Å². The summed E-state index contributed by atoms with van der Waals surface area (Å²) in [7, 11) is 3.25. The monoisotopic (exact) mass is 470 g/mol. The van der Waals surface area contributed by atoms with Gasteiger partial charge < -0.3 is 19.1 Å². The van der Waals surface area contributed by atoms with E-state index in [9.17, 15) is 0 Å². The van der Waals surface area contributed by atoms with E-state index >= 15 is 0 Å². The minimum absolute atomic E-state index is 0.641. The molecule has 1 aliphatic heterocycles. The van der Waals surface area contributed by atoms with E-state index in [0.29, 0.717) is 17.3 Å². The van der Waals surface area contributed by atoms with Gasteiger partial charge in [0.25, 0.3) is 0 Å². The zero-order valence-electron chi connectivity index (χ0n) is 20.9. The largest absolute Gasteiger partial charge is 0.493 e. The second kappa shape index (κ2) is 11.6. The average Bonchev–Trinajstić information content (AvgIpc) is 2.90. The van der Waals surface area contributed by atoms with Crippen LogP contribution in [0.2, 0.25) is 0 Å². The molecule has 5 heteroatoms. The highest BCUT2D eigenvalue weighted by molar-refractivity contribution is 5.57. The molecule has 3 aromatic rings. The molecular formula is C30H34N2O3. The molecule has 0 aromatic heterocycles. The summed E-state index contributed by atoms with van der Waals surface area (Å²) >= 11 is 0. The number of hydrogen-bond acceptors (Lipinski definition) is 5. The van der Waals surface area contributed by atoms with Crippen LogP contribution >= 0.6 is 0 Å². The third kappa shape index (κ3) is 6.06. The zero-order valence-corrected chi connectivity index (χ0v) is 20.9. The van der Waals surface area contributed by atoms with Crippen LogP contribution < -0.4 is 29.5 Å². The minimum Gasteiger partial charge on any atom is -0.493 e. The average molecular weight is 471 g/mol. The van der Waals surface area contributed by atoms with Crippen molar-refractivity contribution < 1.29 is 14.2 Å². The molecule has 1 fully saturated rings. The summed E-state index contributed by atoms with van der Waals surface area (Å²) in [6, 6.07) is 22.8. The molecule has 1 aliphatic rings. The van der Waals surface area contributed by atoms with Gasteiger partial charge in [0.1, 0.15) is 11.5 Å². The predicted molar refractivity (Wildman–Crippen MR) is 144 cm³/mol. The Kier molecular flexibility index (Phi) is 8.11. The fourth-order valence-electron chi connectivity index (χ4n) is 4.34. The van der Waals surface area contributed by atoms with Crippen molar-refractivity contribution in [2.75, 3.05) is 45.3 Å². The summed E-state index contributed by atoms with van der Waals surface area (Å²) in [5.41, 5.74) is 2.59. The number of ether oxygens (including phenoxy) is 3. The van der Waals surface area contributed by atoms with Gasteiger partial charge in [-0.1, -0.05) is 43.0 Å². The number of rotatable bonds is 8. The van der Waals surface area contributed by atoms with Crippen LogP contribution in [-0.2, 0) is 6.54 Å². The molecule has 0 unspecified atom stereocenters. The maximum atomic E-state index is 6.29. The van der Waals surface area contributed by atoms with Gasteiger partial charge in [0, 0.05) is 43.6 Å². The molecule has 0 aliphatic carbocycles. The van der Waals surface area contributed by atoms with Gasteiger partial charge in [0.2, 0.25) is 0 Å². The van der Waals surface area contributed by atoms with Crippen LogP contribution in [0.5, 0.6) is 17.2 Å². The second-order valence-corrected chi connectivity index (χ2v) is 8.57. The highest BCUT2D eigenvalue weighted by atomic mass is 16.5. The molecule has 0 spiro atoms. The first kappa shape index (κ1) is 24.4. The molecule has 1 heterocycles. The number of allylic oxidation sites excluding steroid dienone is 1. The van der Waals surface area contributed by atoms with Gasteiger partial charge >= 0.3 is 0 Å². The number of methoxy groups -OCH3 is 2. The summed E-state index contributed by atoms with van der Waals surface area (Å²) < 4.78 is 17.2. The van der Waals surface area contributed by atoms with E-state index in [1.807, 2.05) is 43.3 Å². The van der Waals surface area contributed by atoms with E-state index < -0.39 is 0 Å². The summed E-state index contributed by atoms with van der Waals surface area (Å²) in [5, 5.41) is 1.67. The Bertz CT molecular complexity index is 1250. The van der Waals surface area contributed by atoms with Crippen LogP contribution in [0.4, 0.5) is 5.69 Å². The summed E-state index contributed by atoms with van der Waals surface area (Å²) in [4.78, 5) is 4.95. The highest BCUT2D eigenvalue weighted by Crippen LogP contribution is 2.24. The normalized spacial score (nSPS) is 15.2. The van der Waals surface area contributed by atoms with Crippen molar-refractivity contribution in [2.45, 2.75) is 13.5 Å². The number of benzene rings is 3. The van der Waals surface area contributed by atoms with E-state index in [0.717, 1.165) is 48.9 Å². The van der Waals surface area contributed by atoms with E-state index in [1.54, 1.807) is 14.2 Å². The standard InChI is InChI=1S/C30H34N2O3/c1-5-9-28(27-21-30(34-4)29(33-3)20-23(27)2)35-26-14-12-25(13-15-26)32-18-16-31(17-19-32)22-24-10-7-6-8-11-24/h5-15,20-21H,2,16-19,22H2,1,3-4H3/b9-5-,28-27+. The number of nitrogens with zero attached hydrogens (tertiary/aromatic N) is 2. The van der Waals surface area contributed by atoms with Gasteiger partial charge in [0.15, 0.2) is 11.5 Å². The first-order valence-corrected chi connectivity index (χ1v) is 12.0. The summed E-state index contributed by atoms with van der Waals surface area (Å²) in [5.74, 6) is 2.77. The lowest BCUT2D eigenvalue weighted by molar-refractivity contribution is 0.250. The number of anilines is 1. The van der Waals surface area contributed by atoms with Gasteiger partial charge in [-0.2, -0.15) is 0 Å². The van der Waals surface area contributed by atoms with Crippen molar-refractivity contribution in [3.8, 4) is 17.2 Å². The van der Waals surface area contributed by atoms with E-state index in [-0.39, 0.29) is 0 Å². The van der Waals surface area contributed by atoms with Crippen LogP contribution in [0.15, 0.2) is 78.9 Å². The minimum atomic E-state index is 0.641. The fourth-order valence-corrected chi connectivity index (χ4v) is 4.34. The number of piperazine rings is 1. The molecule has 0 bridgehead atoms. The van der Waals surface area contributed by atoms with Crippen molar-refractivity contribution >= 4 is 18.0 Å². The van der Waals surface area contributed by atoms with Gasteiger partial charge in [0.05, 0.1) is 14.2 Å². The Morgan fingerprint density at radius 3 is 2.17 bits per heavy atom. The van der Waals surface area contributed by atoms with Crippen LogP contribution in [0.3, 0.4) is 0 Å². The molecule has 0 atom stereocenters. The van der Waals surface area contributed by atoms with Crippen LogP contribution in [0.1, 0.15) is 12.5 Å². The fraction of sp³-hybridized carbons (Fsp3) is 0.267. The molecule has 0 radical (unpaired) electrons. The van der Waals surface area contributed by atoms with Crippen LogP contribution in [-0.4, -0.2) is 45.3 Å². The van der Waals surface area contributed by atoms with Gasteiger partial charge in [-0.25, -0.2) is 0 Å². The first-order chi connectivity index (χ1) is 17.1. The summed E-state index contributed by atoms with van der Waals surface area (Å²) in [6.07, 6.45) is 3.89. The lowest BCUT2D eigenvalue weighted by Gasteiger charge is -2.36. The lowest BCUT2D eigenvalue weighted by Crippen LogP contribution is -2.45. The quantitative estimate of drug-likeness (QED) is 0.493. The van der Waals surface area contributed by atoms with Gasteiger partial charge in [-0.05, 0) is 60.2 Å². The topological polar surface area (TPSA) is 34.2 Å². The van der Waals surface area contributed by atoms with Crippen molar-refractivity contribution in [2.24, 2.45) is 0 Å². The number of hydrogen-bond donors (Lipinski definition) is 0. The third-order valence-electron chi connectivity index (χ3n) is 6.24. The Morgan fingerprint density at radius 2 is 1.54 bits per heavy atom. The summed E-state index contributed by atoms with van der Waals surface area (Å²) in [6.45, 7) is 11.3. The smallest absolute Gasteiger partial charge is 0.161 e. The van der Waals surface area contributed by atoms with E-state index in [4.69, 9.17) is 14.2 Å². The zero-order chi connectivity index (χ0) is 24.6. The Hall–Kier alpha value is -3.70. The molecule has 5 nitrogen and oxygen atoms in total. The van der Waals surface area contributed by atoms with Crippen molar-refractivity contribution in [3.63, 3.8) is 0 Å². The second-order valence-electron chi connectivity index (χ2n) is 8.57. The molecular weight excluding hydrogens is 436 g/mol. The van der Waals surface area contributed by atoms with Gasteiger partial charge in [-0.15, -0.1) is 0 Å². The first-order valence-electron chi connectivity index (χ1n) is 12.0. The van der Waals surface area contributed by atoms with E-state index in [2.05, 4.69) is 58.8 Å². The van der Waals surface area contributed by atoms with Gasteiger partial charge in [-0.3, -0.25) is 4.90 Å². The molecule has 0 N–H and O–H groups in total. The molecule has 182 valence electrons. The maximum Gasteiger partial charge on any atom is 0.161 e. The molecule has 35 heavy (non-hydrogen) atoms. The maximum absolute atomic E-state index is 6.29. The Balaban J connectivity index is 1.46. The Labute approximate surface area is 208 Å². The van der Waals surface area contributed by atoms with Crippen LogP contribution in [0, 0.1) is 0 Å². The molecule has 3 aromatic carbocycles.